The SMILES string of the molecule is CCCCCCCCP(CCCCCCCC)CCCCCCCC.P.[Se]. The zero-order valence-corrected chi connectivity index (χ0v) is 23.4. The molecule has 0 aromatic carbocycles. The van der Waals surface area contributed by atoms with Crippen molar-refractivity contribution in [1.29, 1.82) is 0 Å². The average molecular weight is 484 g/mol. The van der Waals surface area contributed by atoms with Gasteiger partial charge in [-0.05, 0) is 37.7 Å². The van der Waals surface area contributed by atoms with Crippen molar-refractivity contribution in [3.63, 3.8) is 0 Å². The van der Waals surface area contributed by atoms with E-state index in [1.807, 2.05) is 0 Å². The van der Waals surface area contributed by atoms with Crippen molar-refractivity contribution in [2.24, 2.45) is 0 Å². The minimum absolute atomic E-state index is 0. The van der Waals surface area contributed by atoms with Gasteiger partial charge < -0.3 is 0 Å². The Morgan fingerprint density at radius 2 is 0.593 bits per heavy atom. The van der Waals surface area contributed by atoms with E-state index in [9.17, 15) is 0 Å². The molecule has 1 atom stereocenters. The number of hydrogen-bond donors (Lipinski definition) is 0. The first-order valence-corrected chi connectivity index (χ1v) is 14.0. The van der Waals surface area contributed by atoms with Crippen LogP contribution in [-0.4, -0.2) is 35.6 Å². The van der Waals surface area contributed by atoms with Gasteiger partial charge in [-0.3, -0.25) is 0 Å². The van der Waals surface area contributed by atoms with Gasteiger partial charge in [-0.25, -0.2) is 0 Å². The quantitative estimate of drug-likeness (QED) is 0.0867. The summed E-state index contributed by atoms with van der Waals surface area (Å²) in [4.78, 5) is 0. The van der Waals surface area contributed by atoms with Crippen LogP contribution >= 0.6 is 17.8 Å². The first-order valence-electron chi connectivity index (χ1n) is 12.1. The fourth-order valence-electron chi connectivity index (χ4n) is 3.68. The van der Waals surface area contributed by atoms with Crippen molar-refractivity contribution in [3.05, 3.63) is 0 Å². The van der Waals surface area contributed by atoms with Crippen molar-refractivity contribution < 1.29 is 0 Å². The van der Waals surface area contributed by atoms with Gasteiger partial charge in [0, 0.05) is 17.1 Å². The van der Waals surface area contributed by atoms with Crippen LogP contribution < -0.4 is 0 Å². The van der Waals surface area contributed by atoms with E-state index < -0.39 is 0 Å². The van der Waals surface area contributed by atoms with Crippen molar-refractivity contribution in [2.75, 3.05) is 18.5 Å². The van der Waals surface area contributed by atoms with Gasteiger partial charge in [0.15, 0.2) is 0 Å². The minimum atomic E-state index is 0. The van der Waals surface area contributed by atoms with Crippen LogP contribution in [0.1, 0.15) is 136 Å². The maximum Gasteiger partial charge on any atom is 0 e. The maximum absolute atomic E-state index is 2.32. The zero-order valence-electron chi connectivity index (χ0n) is 19.4. The fourth-order valence-corrected chi connectivity index (χ4v) is 6.37. The summed E-state index contributed by atoms with van der Waals surface area (Å²) >= 11 is 0. The van der Waals surface area contributed by atoms with E-state index in [4.69, 9.17) is 0 Å². The molecule has 0 heterocycles. The molecule has 0 aromatic heterocycles. The molecule has 0 amide bonds. The van der Waals surface area contributed by atoms with Crippen LogP contribution in [0.2, 0.25) is 0 Å². The van der Waals surface area contributed by atoms with Gasteiger partial charge in [-0.15, -0.1) is 7.92 Å². The predicted octanol–water partition coefficient (Wildman–Crippen LogP) is 9.23. The van der Waals surface area contributed by atoms with Gasteiger partial charge in [0.05, 0.1) is 0 Å². The summed E-state index contributed by atoms with van der Waals surface area (Å²) in [6, 6.07) is 0. The van der Waals surface area contributed by atoms with Gasteiger partial charge in [-0.1, -0.05) is 117 Å². The third-order valence-electron chi connectivity index (χ3n) is 5.48. The molecule has 0 aliphatic carbocycles. The van der Waals surface area contributed by atoms with Crippen LogP contribution in [0, 0.1) is 0 Å². The van der Waals surface area contributed by atoms with Gasteiger partial charge in [0.1, 0.15) is 0 Å². The largest absolute Gasteiger partial charge is 0.153 e. The predicted molar refractivity (Wildman–Crippen MR) is 139 cm³/mol. The molecule has 0 fully saturated rings. The Morgan fingerprint density at radius 1 is 0.370 bits per heavy atom. The minimum Gasteiger partial charge on any atom is -0.153 e. The van der Waals surface area contributed by atoms with Crippen LogP contribution in [0.15, 0.2) is 0 Å². The van der Waals surface area contributed by atoms with Crippen molar-refractivity contribution in [2.45, 2.75) is 136 Å². The fraction of sp³-hybridized carbons (Fsp3) is 1.00. The van der Waals surface area contributed by atoms with E-state index in [-0.39, 0.29) is 27.0 Å². The molecule has 0 rings (SSSR count). The summed E-state index contributed by atoms with van der Waals surface area (Å²) < 4.78 is 0. The number of rotatable bonds is 21. The molecule has 0 nitrogen and oxygen atoms in total. The Balaban J connectivity index is -0.00000288. The Kier molecular flexibility index (Phi) is 36.2. The van der Waals surface area contributed by atoms with E-state index in [0.717, 1.165) is 0 Å². The Labute approximate surface area is 189 Å². The first-order chi connectivity index (χ1) is 12.3. The molecule has 0 saturated heterocycles. The third-order valence-corrected chi connectivity index (χ3v) is 8.33. The molecule has 0 spiro atoms. The smallest absolute Gasteiger partial charge is 0 e. The Morgan fingerprint density at radius 3 is 0.852 bits per heavy atom. The summed E-state index contributed by atoms with van der Waals surface area (Å²) in [5.41, 5.74) is 0. The van der Waals surface area contributed by atoms with E-state index in [0.29, 0.717) is 7.92 Å². The van der Waals surface area contributed by atoms with Crippen LogP contribution in [0.25, 0.3) is 0 Å². The van der Waals surface area contributed by atoms with Gasteiger partial charge >= 0.3 is 0 Å². The molecule has 2 radical (unpaired) electrons. The molecule has 0 N–H and O–H groups in total. The van der Waals surface area contributed by atoms with Gasteiger partial charge in [0.2, 0.25) is 0 Å². The second-order valence-electron chi connectivity index (χ2n) is 8.14. The van der Waals surface area contributed by atoms with E-state index in [2.05, 4.69) is 20.8 Å². The molecule has 0 saturated carbocycles. The van der Waals surface area contributed by atoms with Gasteiger partial charge in [-0.2, -0.15) is 9.90 Å². The van der Waals surface area contributed by atoms with Gasteiger partial charge in [0.25, 0.3) is 0 Å². The normalized spacial score (nSPS) is 10.7. The van der Waals surface area contributed by atoms with Crippen molar-refractivity contribution >= 4 is 34.9 Å². The summed E-state index contributed by atoms with van der Waals surface area (Å²) in [5.74, 6) is 0. The summed E-state index contributed by atoms with van der Waals surface area (Å²) in [7, 11) is 0.366. The molecule has 27 heavy (non-hydrogen) atoms. The average Bonchev–Trinajstić information content (AvgIpc) is 2.63. The summed E-state index contributed by atoms with van der Waals surface area (Å²) in [6.07, 6.45) is 31.2. The van der Waals surface area contributed by atoms with E-state index in [1.54, 1.807) is 18.5 Å². The number of hydrogen-bond acceptors (Lipinski definition) is 0. The first kappa shape index (κ1) is 33.0. The molecule has 0 aliphatic heterocycles. The van der Waals surface area contributed by atoms with E-state index >= 15 is 0 Å². The summed E-state index contributed by atoms with van der Waals surface area (Å²) in [6.45, 7) is 6.96. The Bertz CT molecular complexity index is 198. The molecule has 0 bridgehead atoms. The molecule has 0 aliphatic rings. The molecule has 166 valence electrons. The molecule has 1 unspecified atom stereocenters. The summed E-state index contributed by atoms with van der Waals surface area (Å²) in [5, 5.41) is 0. The van der Waals surface area contributed by atoms with Crippen molar-refractivity contribution in [1.82, 2.24) is 0 Å². The van der Waals surface area contributed by atoms with Crippen molar-refractivity contribution in [3.8, 4) is 0 Å². The molecule has 0 aromatic rings. The second kappa shape index (κ2) is 29.6. The topological polar surface area (TPSA) is 0 Å². The second-order valence-corrected chi connectivity index (χ2v) is 10.8. The van der Waals surface area contributed by atoms with Crippen LogP contribution in [0.3, 0.4) is 0 Å². The Hall–Kier alpha value is 1.38. The standard InChI is InChI=1S/C24H51P.H3P.Se/c1-4-7-10-13-16-19-22-25(23-20-17-14-11-8-5-2)24-21-18-15-12-9-6-3;;/h4-24H2,1-3H3;1H3;. The van der Waals surface area contributed by atoms with Crippen LogP contribution in [0.5, 0.6) is 0 Å². The monoisotopic (exact) mass is 484 g/mol. The third kappa shape index (κ3) is 27.4. The molecule has 3 heteroatoms. The van der Waals surface area contributed by atoms with E-state index in [1.165, 1.54) is 116 Å². The number of unbranched alkanes of at least 4 members (excludes halogenated alkanes) is 15. The van der Waals surface area contributed by atoms with Crippen LogP contribution in [0.4, 0.5) is 0 Å². The molecular formula is C24H54P2Se. The molecular weight excluding hydrogens is 429 g/mol. The zero-order chi connectivity index (χ0) is 18.4. The van der Waals surface area contributed by atoms with Crippen LogP contribution in [-0.2, 0) is 0 Å². The maximum atomic E-state index is 2.32.